The maximum atomic E-state index is 4.52. The van der Waals surface area contributed by atoms with E-state index in [1.165, 1.54) is 19.5 Å². The molecule has 0 saturated carbocycles. The molecule has 21 heavy (non-hydrogen) atoms. The molecule has 0 radical (unpaired) electrons. The van der Waals surface area contributed by atoms with E-state index in [1.54, 1.807) is 12.5 Å². The summed E-state index contributed by atoms with van der Waals surface area (Å²) in [6.07, 6.45) is 4.93. The van der Waals surface area contributed by atoms with E-state index in [9.17, 15) is 0 Å². The molecule has 2 aromatic heterocycles. The third-order valence-corrected chi connectivity index (χ3v) is 4.02. The Morgan fingerprint density at radius 2 is 1.90 bits per heavy atom. The third kappa shape index (κ3) is 3.67. The van der Waals surface area contributed by atoms with Crippen LogP contribution < -0.4 is 0 Å². The number of pyridine rings is 1. The van der Waals surface area contributed by atoms with E-state index in [2.05, 4.69) is 33.8 Å². The van der Waals surface area contributed by atoms with Crippen LogP contribution >= 0.6 is 0 Å². The van der Waals surface area contributed by atoms with Crippen molar-refractivity contribution in [3.8, 4) is 11.5 Å². The second-order valence-corrected chi connectivity index (χ2v) is 6.25. The fourth-order valence-corrected chi connectivity index (χ4v) is 3.23. The zero-order valence-electron chi connectivity index (χ0n) is 12.8. The third-order valence-electron chi connectivity index (χ3n) is 4.02. The smallest absolute Gasteiger partial charge is 0.199 e. The fraction of sp³-hybridized carbons (Fsp3) is 0.562. The molecule has 2 aromatic rings. The Bertz CT molecular complexity index is 555. The highest BCUT2D eigenvalue weighted by Gasteiger charge is 2.21. The molecule has 0 bridgehead atoms. The second-order valence-electron chi connectivity index (χ2n) is 6.25. The lowest BCUT2D eigenvalue weighted by molar-refractivity contribution is 0.135. The summed E-state index contributed by atoms with van der Waals surface area (Å²) >= 11 is 0. The molecule has 1 fully saturated rings. The number of piperidine rings is 1. The molecule has 0 aliphatic carbocycles. The van der Waals surface area contributed by atoms with Crippen LogP contribution in [0.5, 0.6) is 0 Å². The van der Waals surface area contributed by atoms with Crippen LogP contribution in [0.15, 0.2) is 30.7 Å². The summed E-state index contributed by atoms with van der Waals surface area (Å²) in [5.74, 6) is 2.30. The van der Waals surface area contributed by atoms with Crippen molar-refractivity contribution in [2.75, 3.05) is 19.6 Å². The number of nitrogens with zero attached hydrogens (tertiary/aromatic N) is 5. The quantitative estimate of drug-likeness (QED) is 0.865. The van der Waals surface area contributed by atoms with Crippen molar-refractivity contribution >= 4 is 0 Å². The van der Waals surface area contributed by atoms with Gasteiger partial charge in [0.25, 0.3) is 0 Å². The number of likely N-dealkylation sites (tertiary alicyclic amines) is 1. The average Bonchev–Trinajstić information content (AvgIpc) is 2.94. The summed E-state index contributed by atoms with van der Waals surface area (Å²) in [6, 6.07) is 5.80. The lowest BCUT2D eigenvalue weighted by Gasteiger charge is -2.34. The molecule has 5 nitrogen and oxygen atoms in total. The van der Waals surface area contributed by atoms with Crippen molar-refractivity contribution in [3.05, 3.63) is 30.7 Å². The largest absolute Gasteiger partial charge is 0.301 e. The molecule has 0 N–H and O–H groups in total. The zero-order chi connectivity index (χ0) is 14.7. The first-order valence-corrected chi connectivity index (χ1v) is 7.74. The van der Waals surface area contributed by atoms with Gasteiger partial charge in [0.2, 0.25) is 0 Å². The van der Waals surface area contributed by atoms with Crippen LogP contribution in [0.25, 0.3) is 11.5 Å². The van der Waals surface area contributed by atoms with Gasteiger partial charge < -0.3 is 4.90 Å². The number of hydrogen-bond acceptors (Lipinski definition) is 4. The lowest BCUT2D eigenvalue weighted by atomic mass is 9.92. The van der Waals surface area contributed by atoms with Crippen molar-refractivity contribution in [3.63, 3.8) is 0 Å². The molecular weight excluding hydrogens is 262 g/mol. The van der Waals surface area contributed by atoms with Crippen molar-refractivity contribution < 1.29 is 0 Å². The monoisotopic (exact) mass is 285 g/mol. The second kappa shape index (κ2) is 6.35. The van der Waals surface area contributed by atoms with Crippen LogP contribution in [0.4, 0.5) is 0 Å². The van der Waals surface area contributed by atoms with Crippen LogP contribution in [0, 0.1) is 11.8 Å². The minimum atomic E-state index is 0.705. The van der Waals surface area contributed by atoms with E-state index in [0.717, 1.165) is 30.6 Å². The van der Waals surface area contributed by atoms with Crippen molar-refractivity contribution in [1.29, 1.82) is 0 Å². The summed E-state index contributed by atoms with van der Waals surface area (Å²) < 4.78 is 1.92. The standard InChI is InChI=1S/C16H23N5/c1-13-9-14(2)11-20(10-13)7-8-21-12-18-16(19-21)15-5-3-4-6-17-15/h3-6,12-14H,7-11H2,1-2H3. The molecule has 0 amide bonds. The first kappa shape index (κ1) is 14.2. The highest BCUT2D eigenvalue weighted by molar-refractivity contribution is 5.46. The summed E-state index contributed by atoms with van der Waals surface area (Å²) in [4.78, 5) is 11.2. The zero-order valence-corrected chi connectivity index (χ0v) is 12.8. The Morgan fingerprint density at radius 1 is 1.10 bits per heavy atom. The van der Waals surface area contributed by atoms with Crippen molar-refractivity contribution in [1.82, 2.24) is 24.6 Å². The predicted octanol–water partition coefficient (Wildman–Crippen LogP) is 2.32. The van der Waals surface area contributed by atoms with Crippen LogP contribution in [-0.2, 0) is 6.54 Å². The van der Waals surface area contributed by atoms with E-state index in [-0.39, 0.29) is 0 Å². The Morgan fingerprint density at radius 3 is 2.62 bits per heavy atom. The van der Waals surface area contributed by atoms with Crippen LogP contribution in [0.1, 0.15) is 20.3 Å². The molecule has 2 atom stereocenters. The van der Waals surface area contributed by atoms with Gasteiger partial charge in [-0.1, -0.05) is 19.9 Å². The van der Waals surface area contributed by atoms with Gasteiger partial charge in [0.05, 0.1) is 6.54 Å². The molecule has 3 rings (SSSR count). The molecule has 1 saturated heterocycles. The maximum absolute atomic E-state index is 4.52. The Kier molecular flexibility index (Phi) is 4.29. The Labute approximate surface area is 126 Å². The summed E-state index contributed by atoms with van der Waals surface area (Å²) in [5, 5.41) is 4.52. The minimum Gasteiger partial charge on any atom is -0.301 e. The van der Waals surface area contributed by atoms with Gasteiger partial charge in [-0.25, -0.2) is 4.98 Å². The minimum absolute atomic E-state index is 0.705. The molecular formula is C16H23N5. The molecule has 5 heteroatoms. The van der Waals surface area contributed by atoms with E-state index < -0.39 is 0 Å². The molecule has 1 aliphatic heterocycles. The summed E-state index contributed by atoms with van der Waals surface area (Å²) in [7, 11) is 0. The Balaban J connectivity index is 1.58. The van der Waals surface area contributed by atoms with Crippen molar-refractivity contribution in [2.24, 2.45) is 11.8 Å². The van der Waals surface area contributed by atoms with Gasteiger partial charge in [0, 0.05) is 25.8 Å². The van der Waals surface area contributed by atoms with Gasteiger partial charge in [-0.05, 0) is 30.4 Å². The van der Waals surface area contributed by atoms with Gasteiger partial charge in [-0.15, -0.1) is 5.10 Å². The van der Waals surface area contributed by atoms with Crippen molar-refractivity contribution in [2.45, 2.75) is 26.8 Å². The van der Waals surface area contributed by atoms with E-state index in [0.29, 0.717) is 5.82 Å². The molecule has 2 unspecified atom stereocenters. The number of aromatic nitrogens is 4. The Hall–Kier alpha value is -1.75. The summed E-state index contributed by atoms with van der Waals surface area (Å²) in [5.41, 5.74) is 0.830. The number of hydrogen-bond donors (Lipinski definition) is 0. The SMILES string of the molecule is CC1CC(C)CN(CCn2cnc(-c3ccccn3)n2)C1. The first-order valence-electron chi connectivity index (χ1n) is 7.74. The molecule has 1 aliphatic rings. The summed E-state index contributed by atoms with van der Waals surface area (Å²) in [6.45, 7) is 9.02. The fourth-order valence-electron chi connectivity index (χ4n) is 3.23. The molecule has 112 valence electrons. The van der Waals surface area contributed by atoms with Gasteiger partial charge in [0.1, 0.15) is 12.0 Å². The highest BCUT2D eigenvalue weighted by Crippen LogP contribution is 2.20. The maximum Gasteiger partial charge on any atom is 0.199 e. The van der Waals surface area contributed by atoms with Gasteiger partial charge in [-0.3, -0.25) is 9.67 Å². The van der Waals surface area contributed by atoms with Crippen LogP contribution in [0.2, 0.25) is 0 Å². The van der Waals surface area contributed by atoms with E-state index in [1.807, 2.05) is 22.9 Å². The van der Waals surface area contributed by atoms with Crippen LogP contribution in [0.3, 0.4) is 0 Å². The molecule has 0 spiro atoms. The topological polar surface area (TPSA) is 46.8 Å². The van der Waals surface area contributed by atoms with Gasteiger partial charge in [0.15, 0.2) is 5.82 Å². The molecule has 0 aromatic carbocycles. The lowest BCUT2D eigenvalue weighted by Crippen LogP contribution is -2.40. The first-order chi connectivity index (χ1) is 10.2. The van der Waals surface area contributed by atoms with Gasteiger partial charge >= 0.3 is 0 Å². The van der Waals surface area contributed by atoms with Crippen LogP contribution in [-0.4, -0.2) is 44.3 Å². The average molecular weight is 285 g/mol. The van der Waals surface area contributed by atoms with E-state index >= 15 is 0 Å². The normalized spacial score (nSPS) is 23.3. The highest BCUT2D eigenvalue weighted by atomic mass is 15.3. The number of rotatable bonds is 4. The molecule has 3 heterocycles. The predicted molar refractivity (Wildman–Crippen MR) is 82.6 cm³/mol. The van der Waals surface area contributed by atoms with E-state index in [4.69, 9.17) is 0 Å². The van der Waals surface area contributed by atoms with Gasteiger partial charge in [-0.2, -0.15) is 0 Å².